The van der Waals surface area contributed by atoms with E-state index in [-0.39, 0.29) is 12.1 Å². The first-order chi connectivity index (χ1) is 9.96. The van der Waals surface area contributed by atoms with Crippen molar-refractivity contribution < 1.29 is 14.3 Å². The topological polar surface area (TPSA) is 38.8 Å². The highest BCUT2D eigenvalue weighted by molar-refractivity contribution is 5.68. The van der Waals surface area contributed by atoms with E-state index in [4.69, 9.17) is 9.47 Å². The van der Waals surface area contributed by atoms with E-state index in [0.29, 0.717) is 13.2 Å². The van der Waals surface area contributed by atoms with Crippen molar-refractivity contribution in [2.75, 3.05) is 13.2 Å². The fourth-order valence-corrected chi connectivity index (χ4v) is 2.46. The Balaban J connectivity index is 1.80. The number of hydrogen-bond donors (Lipinski definition) is 0. The monoisotopic (exact) mass is 291 g/mol. The van der Waals surface area contributed by atoms with Crippen molar-refractivity contribution >= 4 is 6.09 Å². The van der Waals surface area contributed by atoms with Gasteiger partial charge in [0.15, 0.2) is 0 Å². The summed E-state index contributed by atoms with van der Waals surface area (Å²) in [4.78, 5) is 14.0. The van der Waals surface area contributed by atoms with Crippen LogP contribution >= 0.6 is 0 Å². The molecule has 1 atom stereocenters. The van der Waals surface area contributed by atoms with Gasteiger partial charge in [-0.25, -0.2) is 4.79 Å². The van der Waals surface area contributed by atoms with Crippen LogP contribution in [0.5, 0.6) is 0 Å². The number of ether oxygens (including phenoxy) is 2. The molecule has 2 rings (SSSR count). The number of carbonyl (C=O) groups excluding carboxylic acids is 1. The number of hydrogen-bond acceptors (Lipinski definition) is 3. The molecule has 1 saturated heterocycles. The summed E-state index contributed by atoms with van der Waals surface area (Å²) in [6.07, 6.45) is 1.76. The summed E-state index contributed by atoms with van der Waals surface area (Å²) in [5, 5.41) is 0. The fourth-order valence-electron chi connectivity index (χ4n) is 2.46. The molecular weight excluding hydrogens is 266 g/mol. The summed E-state index contributed by atoms with van der Waals surface area (Å²) in [6, 6.07) is 10.2. The Bertz CT molecular complexity index is 453. The third kappa shape index (κ3) is 5.05. The number of amides is 1. The maximum atomic E-state index is 12.2. The van der Waals surface area contributed by atoms with Gasteiger partial charge in [-0.2, -0.15) is 0 Å². The van der Waals surface area contributed by atoms with E-state index in [2.05, 4.69) is 0 Å². The molecule has 0 radical (unpaired) electrons. The minimum absolute atomic E-state index is 0.128. The van der Waals surface area contributed by atoms with Gasteiger partial charge in [0, 0.05) is 6.54 Å². The van der Waals surface area contributed by atoms with Gasteiger partial charge in [0.2, 0.25) is 0 Å². The maximum Gasteiger partial charge on any atom is 0.410 e. The highest BCUT2D eigenvalue weighted by Crippen LogP contribution is 2.21. The zero-order valence-corrected chi connectivity index (χ0v) is 13.2. The van der Waals surface area contributed by atoms with Crippen molar-refractivity contribution in [3.63, 3.8) is 0 Å². The van der Waals surface area contributed by atoms with Gasteiger partial charge in [0.05, 0.1) is 19.3 Å². The molecule has 0 bridgehead atoms. The molecule has 0 aliphatic carbocycles. The van der Waals surface area contributed by atoms with Crippen LogP contribution in [0.3, 0.4) is 0 Å². The molecule has 4 heteroatoms. The van der Waals surface area contributed by atoms with E-state index in [0.717, 1.165) is 24.9 Å². The molecule has 0 aromatic heterocycles. The smallest absolute Gasteiger partial charge is 0.410 e. The second-order valence-electron chi connectivity index (χ2n) is 6.47. The summed E-state index contributed by atoms with van der Waals surface area (Å²) < 4.78 is 11.2. The highest BCUT2D eigenvalue weighted by Gasteiger charge is 2.32. The SMILES string of the molecule is CC(C)(C)OC(=O)N1CCC[C@@H]1COCc1ccccc1. The quantitative estimate of drug-likeness (QED) is 0.850. The molecule has 1 aromatic rings. The van der Waals surface area contributed by atoms with Crippen molar-refractivity contribution in [2.45, 2.75) is 51.9 Å². The molecular formula is C17H25NO3. The summed E-state index contributed by atoms with van der Waals surface area (Å²) in [7, 11) is 0. The molecule has 1 aromatic carbocycles. The lowest BCUT2D eigenvalue weighted by Gasteiger charge is -2.28. The predicted octanol–water partition coefficient (Wildman–Crippen LogP) is 3.60. The van der Waals surface area contributed by atoms with Crippen LogP contribution in [0.1, 0.15) is 39.2 Å². The molecule has 116 valence electrons. The Labute approximate surface area is 127 Å². The molecule has 1 aliphatic rings. The van der Waals surface area contributed by atoms with Crippen LogP contribution in [-0.2, 0) is 16.1 Å². The van der Waals surface area contributed by atoms with Crippen LogP contribution < -0.4 is 0 Å². The van der Waals surface area contributed by atoms with Gasteiger partial charge in [-0.1, -0.05) is 30.3 Å². The van der Waals surface area contributed by atoms with E-state index in [1.165, 1.54) is 0 Å². The van der Waals surface area contributed by atoms with Crippen LogP contribution in [0.15, 0.2) is 30.3 Å². The summed E-state index contributed by atoms with van der Waals surface area (Å²) >= 11 is 0. The Kier molecular flexibility index (Phi) is 5.23. The lowest BCUT2D eigenvalue weighted by Crippen LogP contribution is -2.41. The lowest BCUT2D eigenvalue weighted by molar-refractivity contribution is 0.00883. The van der Waals surface area contributed by atoms with Crippen molar-refractivity contribution in [1.82, 2.24) is 4.90 Å². The maximum absolute atomic E-state index is 12.2. The molecule has 1 heterocycles. The molecule has 0 N–H and O–H groups in total. The lowest BCUT2D eigenvalue weighted by atomic mass is 10.2. The third-order valence-corrected chi connectivity index (χ3v) is 3.43. The van der Waals surface area contributed by atoms with Crippen molar-refractivity contribution in [1.29, 1.82) is 0 Å². The average Bonchev–Trinajstić information content (AvgIpc) is 2.86. The summed E-state index contributed by atoms with van der Waals surface area (Å²) in [5.74, 6) is 0. The van der Waals surface area contributed by atoms with Crippen LogP contribution in [0, 0.1) is 0 Å². The predicted molar refractivity (Wildman–Crippen MR) is 82.1 cm³/mol. The Morgan fingerprint density at radius 3 is 2.67 bits per heavy atom. The second kappa shape index (κ2) is 6.94. The first-order valence-electron chi connectivity index (χ1n) is 7.57. The van der Waals surface area contributed by atoms with E-state index < -0.39 is 5.60 Å². The van der Waals surface area contributed by atoms with E-state index in [9.17, 15) is 4.79 Å². The summed E-state index contributed by atoms with van der Waals surface area (Å²) in [6.45, 7) is 7.58. The van der Waals surface area contributed by atoms with Crippen LogP contribution in [0.2, 0.25) is 0 Å². The number of benzene rings is 1. The second-order valence-corrected chi connectivity index (χ2v) is 6.47. The van der Waals surface area contributed by atoms with Crippen molar-refractivity contribution in [3.05, 3.63) is 35.9 Å². The van der Waals surface area contributed by atoms with Gasteiger partial charge in [0.25, 0.3) is 0 Å². The number of likely N-dealkylation sites (tertiary alicyclic amines) is 1. The highest BCUT2D eigenvalue weighted by atomic mass is 16.6. The molecule has 4 nitrogen and oxygen atoms in total. The van der Waals surface area contributed by atoms with Gasteiger partial charge in [-0.3, -0.25) is 0 Å². The minimum atomic E-state index is -0.449. The van der Waals surface area contributed by atoms with Crippen LogP contribution in [0.4, 0.5) is 4.79 Å². The molecule has 1 fully saturated rings. The molecule has 0 unspecified atom stereocenters. The van der Waals surface area contributed by atoms with Gasteiger partial charge < -0.3 is 14.4 Å². The average molecular weight is 291 g/mol. The Hall–Kier alpha value is -1.55. The zero-order valence-electron chi connectivity index (χ0n) is 13.2. The van der Waals surface area contributed by atoms with Gasteiger partial charge in [-0.05, 0) is 39.2 Å². The van der Waals surface area contributed by atoms with Crippen molar-refractivity contribution in [3.8, 4) is 0 Å². The first-order valence-corrected chi connectivity index (χ1v) is 7.57. The van der Waals surface area contributed by atoms with Gasteiger partial charge in [0.1, 0.15) is 5.60 Å². The largest absolute Gasteiger partial charge is 0.444 e. The molecule has 0 saturated carbocycles. The molecule has 21 heavy (non-hydrogen) atoms. The summed E-state index contributed by atoms with van der Waals surface area (Å²) in [5.41, 5.74) is 0.703. The van der Waals surface area contributed by atoms with Crippen LogP contribution in [-0.4, -0.2) is 35.8 Å². The fraction of sp³-hybridized carbons (Fsp3) is 0.588. The van der Waals surface area contributed by atoms with E-state index in [1.54, 1.807) is 4.90 Å². The minimum Gasteiger partial charge on any atom is -0.444 e. The van der Waals surface area contributed by atoms with Gasteiger partial charge in [-0.15, -0.1) is 0 Å². The van der Waals surface area contributed by atoms with E-state index in [1.807, 2.05) is 51.1 Å². The van der Waals surface area contributed by atoms with Crippen molar-refractivity contribution in [2.24, 2.45) is 0 Å². The molecule has 1 aliphatic heterocycles. The van der Waals surface area contributed by atoms with Crippen LogP contribution in [0.25, 0.3) is 0 Å². The number of carbonyl (C=O) groups is 1. The number of nitrogens with zero attached hydrogens (tertiary/aromatic N) is 1. The Morgan fingerprint density at radius 1 is 1.29 bits per heavy atom. The standard InChI is InChI=1S/C17H25NO3/c1-17(2,3)21-16(19)18-11-7-10-15(18)13-20-12-14-8-5-4-6-9-14/h4-6,8-9,15H,7,10-13H2,1-3H3/t15-/m1/s1. The molecule has 0 spiro atoms. The Morgan fingerprint density at radius 2 is 2.00 bits per heavy atom. The normalized spacial score (nSPS) is 18.8. The number of rotatable bonds is 4. The van der Waals surface area contributed by atoms with Gasteiger partial charge >= 0.3 is 6.09 Å². The first kappa shape index (κ1) is 15.8. The van der Waals surface area contributed by atoms with E-state index >= 15 is 0 Å². The zero-order chi connectivity index (χ0) is 15.3. The third-order valence-electron chi connectivity index (χ3n) is 3.43. The molecule has 1 amide bonds.